The number of carboxylic acid groups (broad SMARTS) is 1. The lowest BCUT2D eigenvalue weighted by Gasteiger charge is -2.40. The molecule has 1 saturated carbocycles. The highest BCUT2D eigenvalue weighted by Crippen LogP contribution is 2.50. The highest BCUT2D eigenvalue weighted by Gasteiger charge is 2.61. The molecule has 1 aromatic carbocycles. The average molecular weight is 611 g/mol. The monoisotopic (exact) mass is 610 g/mol. The number of halogens is 6. The number of pyridine rings is 1. The van der Waals surface area contributed by atoms with Crippen molar-refractivity contribution in [1.29, 1.82) is 0 Å². The number of hydrogen-bond donors (Lipinski definition) is 2. The molecule has 3 aromatic rings. The lowest BCUT2D eigenvalue weighted by molar-refractivity contribution is -0.295. The van der Waals surface area contributed by atoms with Crippen LogP contribution >= 0.6 is 0 Å². The molecule has 1 aliphatic carbocycles. The summed E-state index contributed by atoms with van der Waals surface area (Å²) in [6, 6.07) is 8.35. The van der Waals surface area contributed by atoms with Gasteiger partial charge in [-0.05, 0) is 37.3 Å². The minimum absolute atomic E-state index is 0.0635. The van der Waals surface area contributed by atoms with E-state index in [4.69, 9.17) is 9.15 Å². The average Bonchev–Trinajstić information content (AvgIpc) is 3.40. The first kappa shape index (κ1) is 30.2. The summed E-state index contributed by atoms with van der Waals surface area (Å²) >= 11 is 0. The van der Waals surface area contributed by atoms with Gasteiger partial charge in [-0.3, -0.25) is 10.1 Å². The van der Waals surface area contributed by atoms with Gasteiger partial charge in [-0.25, -0.2) is 9.78 Å². The Bertz CT molecular complexity index is 1550. The maximum atomic E-state index is 14.9. The van der Waals surface area contributed by atoms with E-state index in [2.05, 4.69) is 15.2 Å². The molecule has 1 spiro atoms. The summed E-state index contributed by atoms with van der Waals surface area (Å²) in [6.07, 6.45) is -9.06. The number of rotatable bonds is 4. The predicted molar refractivity (Wildman–Crippen MR) is 137 cm³/mol. The fourth-order valence-electron chi connectivity index (χ4n) is 5.24. The minimum atomic E-state index is -5.13. The third kappa shape index (κ3) is 5.72. The van der Waals surface area contributed by atoms with E-state index >= 15 is 0 Å². The number of nitrogens with zero attached hydrogens (tertiary/aromatic N) is 3. The van der Waals surface area contributed by atoms with Gasteiger partial charge in [0.25, 0.3) is 11.8 Å². The summed E-state index contributed by atoms with van der Waals surface area (Å²) in [7, 11) is 0. The molecule has 3 heterocycles. The number of alkyl halides is 6. The lowest BCUT2D eigenvalue weighted by Crippen LogP contribution is -2.45. The van der Waals surface area contributed by atoms with Crippen molar-refractivity contribution >= 4 is 17.6 Å². The summed E-state index contributed by atoms with van der Waals surface area (Å²) in [5, 5.41) is 18.2. The third-order valence-electron chi connectivity index (χ3n) is 7.70. The smallest absolute Gasteiger partial charge is 0.426 e. The van der Waals surface area contributed by atoms with Gasteiger partial charge < -0.3 is 14.3 Å². The third-order valence-corrected chi connectivity index (χ3v) is 7.70. The second-order valence-corrected chi connectivity index (χ2v) is 10.4. The van der Waals surface area contributed by atoms with Crippen molar-refractivity contribution in [3.8, 4) is 11.6 Å². The number of ketones is 1. The summed E-state index contributed by atoms with van der Waals surface area (Å²) in [5.41, 5.74) is -8.08. The van der Waals surface area contributed by atoms with Crippen LogP contribution in [0.3, 0.4) is 0 Å². The molecule has 2 N–H and O–H groups in total. The van der Waals surface area contributed by atoms with Crippen LogP contribution in [-0.4, -0.2) is 38.3 Å². The van der Waals surface area contributed by atoms with E-state index in [-0.39, 0.29) is 25.7 Å². The van der Waals surface area contributed by atoms with Crippen molar-refractivity contribution in [2.75, 3.05) is 5.32 Å². The molecule has 1 fully saturated rings. The van der Waals surface area contributed by atoms with Crippen LogP contribution in [0.15, 0.2) is 53.0 Å². The standard InChI is InChI=1S/C28H24F6N4O5/c29-27(30,31)17-14-18(35-24(40)41)20-22-37-38-23(43-22)26(28(32,33)34,42-15-16-8-3-1-4-9-16)13-6-2-5-10-25(11-7-12-25)21(39)19(17)36-20/h1-4,6,8-9,14,35H,5,7,10-13,15H2,(H,40,41)/t26-/m1/s1. The molecule has 2 aromatic heterocycles. The molecule has 1 atom stereocenters. The zero-order valence-electron chi connectivity index (χ0n) is 22.3. The van der Waals surface area contributed by atoms with Gasteiger partial charge in [-0.1, -0.05) is 48.9 Å². The van der Waals surface area contributed by atoms with Gasteiger partial charge in [0.2, 0.25) is 5.60 Å². The Morgan fingerprint density at radius 3 is 2.35 bits per heavy atom. The highest BCUT2D eigenvalue weighted by molar-refractivity contribution is 6.02. The molecular weight excluding hydrogens is 586 g/mol. The topological polar surface area (TPSA) is 127 Å². The SMILES string of the molecule is O=C(O)Nc1cc(C(F)(F)F)c2nc1-c1nnc(o1)[C@@](OCc1ccccc1)(C(F)(F)F)CC=CCCC1(CCC1)C2=O. The quantitative estimate of drug-likeness (QED) is 0.233. The maximum Gasteiger partial charge on any atom is 0.426 e. The number of carbonyl (C=O) groups is 2. The number of allylic oxidation sites excluding steroid dienone is 1. The normalized spacial score (nSPS) is 20.4. The van der Waals surface area contributed by atoms with Gasteiger partial charge in [-0.2, -0.15) is 26.3 Å². The maximum absolute atomic E-state index is 14.9. The highest BCUT2D eigenvalue weighted by atomic mass is 19.4. The molecule has 4 bridgehead atoms. The molecular formula is C28H24F6N4O5. The fourth-order valence-corrected chi connectivity index (χ4v) is 5.24. The molecule has 43 heavy (non-hydrogen) atoms. The summed E-state index contributed by atoms with van der Waals surface area (Å²) in [6.45, 7) is -0.516. The minimum Gasteiger partial charge on any atom is -0.465 e. The largest absolute Gasteiger partial charge is 0.465 e. The Hall–Kier alpha value is -4.27. The Labute approximate surface area is 240 Å². The first-order chi connectivity index (χ1) is 20.3. The first-order valence-electron chi connectivity index (χ1n) is 13.2. The van der Waals surface area contributed by atoms with E-state index in [1.165, 1.54) is 12.2 Å². The second-order valence-electron chi connectivity index (χ2n) is 10.4. The Balaban J connectivity index is 1.72. The second kappa shape index (κ2) is 11.1. The number of aromatic nitrogens is 3. The van der Waals surface area contributed by atoms with Gasteiger partial charge in [-0.15, -0.1) is 10.2 Å². The van der Waals surface area contributed by atoms with Crippen LogP contribution in [0.1, 0.15) is 66.0 Å². The van der Waals surface area contributed by atoms with Gasteiger partial charge in [0, 0.05) is 11.8 Å². The van der Waals surface area contributed by atoms with Gasteiger partial charge >= 0.3 is 18.4 Å². The van der Waals surface area contributed by atoms with E-state index in [0.717, 1.165) is 0 Å². The van der Waals surface area contributed by atoms with Crippen LogP contribution in [0, 0.1) is 5.41 Å². The number of fused-ring (bicyclic) bond motifs is 5. The van der Waals surface area contributed by atoms with Crippen molar-refractivity contribution in [3.63, 3.8) is 0 Å². The van der Waals surface area contributed by atoms with Crippen LogP contribution in [0.2, 0.25) is 0 Å². The van der Waals surface area contributed by atoms with Crippen molar-refractivity contribution < 1.29 is 50.2 Å². The Morgan fingerprint density at radius 1 is 1.02 bits per heavy atom. The van der Waals surface area contributed by atoms with Crippen molar-refractivity contribution in [2.24, 2.45) is 5.41 Å². The van der Waals surface area contributed by atoms with Gasteiger partial charge in [0.1, 0.15) is 5.69 Å². The Kier molecular flexibility index (Phi) is 7.79. The van der Waals surface area contributed by atoms with E-state index in [1.54, 1.807) is 35.6 Å². The number of carbonyl (C=O) groups excluding carboxylic acids is 1. The van der Waals surface area contributed by atoms with Crippen LogP contribution in [0.4, 0.5) is 36.8 Å². The van der Waals surface area contributed by atoms with Crippen LogP contribution in [0.5, 0.6) is 0 Å². The molecule has 1 aliphatic heterocycles. The van der Waals surface area contributed by atoms with Gasteiger partial charge in [0.05, 0.1) is 17.9 Å². The number of benzene rings is 1. The van der Waals surface area contributed by atoms with E-state index in [0.29, 0.717) is 18.1 Å². The summed E-state index contributed by atoms with van der Waals surface area (Å²) in [5.74, 6) is -2.84. The van der Waals surface area contributed by atoms with Crippen molar-refractivity contribution in [1.82, 2.24) is 15.2 Å². The number of amides is 1. The molecule has 5 rings (SSSR count). The fraction of sp³-hybridized carbons (Fsp3) is 0.393. The van der Waals surface area contributed by atoms with Crippen molar-refractivity contribution in [2.45, 2.75) is 63.1 Å². The molecule has 0 radical (unpaired) electrons. The number of nitrogens with one attached hydrogen (secondary N) is 1. The molecule has 2 aliphatic rings. The molecule has 0 saturated heterocycles. The lowest BCUT2D eigenvalue weighted by atomic mass is 9.62. The first-order valence-corrected chi connectivity index (χ1v) is 13.2. The Morgan fingerprint density at radius 2 is 1.74 bits per heavy atom. The molecule has 228 valence electrons. The molecule has 9 nitrogen and oxygen atoms in total. The molecule has 1 amide bonds. The number of Topliss-reactive ketones (excluding diaryl/α,β-unsaturated/α-hetero) is 1. The van der Waals surface area contributed by atoms with Gasteiger partial charge in [0.15, 0.2) is 11.5 Å². The van der Waals surface area contributed by atoms with E-state index in [1.807, 2.05) is 0 Å². The van der Waals surface area contributed by atoms with Crippen LogP contribution < -0.4 is 5.32 Å². The van der Waals surface area contributed by atoms with Crippen LogP contribution in [-0.2, 0) is 23.1 Å². The summed E-state index contributed by atoms with van der Waals surface area (Å²) in [4.78, 5) is 29.0. The molecule has 0 unspecified atom stereocenters. The van der Waals surface area contributed by atoms with E-state index < -0.39 is 82.7 Å². The zero-order chi connectivity index (χ0) is 31.0. The number of anilines is 1. The predicted octanol–water partition coefficient (Wildman–Crippen LogP) is 7.31. The van der Waals surface area contributed by atoms with Crippen molar-refractivity contribution in [3.05, 3.63) is 71.3 Å². The molecule has 15 heteroatoms. The zero-order valence-corrected chi connectivity index (χ0v) is 22.3. The summed E-state index contributed by atoms with van der Waals surface area (Å²) < 4.78 is 98.0. The number of hydrogen-bond acceptors (Lipinski definition) is 7. The number of ether oxygens (including phenoxy) is 1. The van der Waals surface area contributed by atoms with E-state index in [9.17, 15) is 41.0 Å². The van der Waals surface area contributed by atoms with Crippen LogP contribution in [0.25, 0.3) is 11.6 Å².